The van der Waals surface area contributed by atoms with Crippen LogP contribution in [0.5, 0.6) is 5.75 Å². The van der Waals surface area contributed by atoms with Gasteiger partial charge in [0.1, 0.15) is 19.0 Å². The van der Waals surface area contributed by atoms with Crippen molar-refractivity contribution in [1.82, 2.24) is 0 Å². The third-order valence-electron chi connectivity index (χ3n) is 2.62. The highest BCUT2D eigenvalue weighted by Gasteiger charge is 2.20. The Morgan fingerprint density at radius 3 is 3.12 bits per heavy atom. The lowest BCUT2D eigenvalue weighted by Crippen LogP contribution is -2.30. The van der Waals surface area contributed by atoms with E-state index >= 15 is 0 Å². The summed E-state index contributed by atoms with van der Waals surface area (Å²) >= 11 is 0. The molecule has 0 aromatic heterocycles. The highest BCUT2D eigenvalue weighted by Crippen LogP contribution is 2.26. The first-order chi connectivity index (χ1) is 7.65. The number of fused-ring (bicyclic) bond motifs is 1. The summed E-state index contributed by atoms with van der Waals surface area (Å²) in [4.78, 5) is 10.8. The number of hydrogen-bond acceptors (Lipinski definition) is 3. The first kappa shape index (κ1) is 11.1. The maximum Gasteiger partial charge on any atom is 0.155 e. The van der Waals surface area contributed by atoms with Crippen molar-refractivity contribution in [2.75, 3.05) is 13.2 Å². The number of ether oxygens (including phenoxy) is 2. The Morgan fingerprint density at radius 2 is 2.38 bits per heavy atom. The second-order valence-corrected chi connectivity index (χ2v) is 4.26. The van der Waals surface area contributed by atoms with Gasteiger partial charge >= 0.3 is 0 Å². The average Bonchev–Trinajstić information content (AvgIpc) is 2.26. The van der Waals surface area contributed by atoms with Gasteiger partial charge in [0, 0.05) is 6.42 Å². The van der Waals surface area contributed by atoms with Crippen LogP contribution >= 0.6 is 0 Å². The fraction of sp³-hybridized carbons (Fsp3) is 0.462. The summed E-state index contributed by atoms with van der Waals surface area (Å²) in [7, 11) is 0. The molecular formula is C13H16O3. The predicted octanol–water partition coefficient (Wildman–Crippen LogP) is 1.90. The van der Waals surface area contributed by atoms with Crippen LogP contribution in [0, 0.1) is 6.92 Å². The zero-order valence-electron chi connectivity index (χ0n) is 9.66. The summed E-state index contributed by atoms with van der Waals surface area (Å²) in [5, 5.41) is 0. The van der Waals surface area contributed by atoms with Crippen molar-refractivity contribution in [3.8, 4) is 5.75 Å². The number of aryl methyl sites for hydroxylation is 1. The summed E-state index contributed by atoms with van der Waals surface area (Å²) in [5.74, 6) is 0.998. The first-order valence-corrected chi connectivity index (χ1v) is 5.48. The number of carbonyl (C=O) groups is 1. The van der Waals surface area contributed by atoms with Gasteiger partial charge < -0.3 is 9.47 Å². The fourth-order valence-corrected chi connectivity index (χ4v) is 1.79. The minimum Gasteiger partial charge on any atom is -0.491 e. The van der Waals surface area contributed by atoms with E-state index in [9.17, 15) is 4.79 Å². The molecule has 0 N–H and O–H groups in total. The van der Waals surface area contributed by atoms with E-state index in [0.717, 1.165) is 17.7 Å². The molecular weight excluding hydrogens is 204 g/mol. The van der Waals surface area contributed by atoms with E-state index < -0.39 is 0 Å². The summed E-state index contributed by atoms with van der Waals surface area (Å²) in [5.41, 5.74) is 2.35. The Bertz CT molecular complexity index is 398. The van der Waals surface area contributed by atoms with Crippen molar-refractivity contribution < 1.29 is 14.3 Å². The van der Waals surface area contributed by atoms with Crippen LogP contribution in [0.15, 0.2) is 18.2 Å². The minimum absolute atomic E-state index is 0.000828. The fourth-order valence-electron chi connectivity index (χ4n) is 1.79. The van der Waals surface area contributed by atoms with Crippen LogP contribution in [0.2, 0.25) is 0 Å². The van der Waals surface area contributed by atoms with E-state index in [4.69, 9.17) is 9.47 Å². The Kier molecular flexibility index (Phi) is 3.25. The van der Waals surface area contributed by atoms with Crippen molar-refractivity contribution in [3.05, 3.63) is 29.3 Å². The Labute approximate surface area is 95.4 Å². The van der Waals surface area contributed by atoms with Gasteiger partial charge in [-0.25, -0.2) is 0 Å². The van der Waals surface area contributed by atoms with Gasteiger partial charge in [-0.2, -0.15) is 0 Å². The van der Waals surface area contributed by atoms with E-state index in [2.05, 4.69) is 12.1 Å². The van der Waals surface area contributed by atoms with Gasteiger partial charge in [0.25, 0.3) is 0 Å². The Hall–Kier alpha value is -1.35. The van der Waals surface area contributed by atoms with Gasteiger partial charge in [-0.1, -0.05) is 12.1 Å². The molecule has 0 saturated heterocycles. The van der Waals surface area contributed by atoms with E-state index in [1.54, 1.807) is 0 Å². The summed E-state index contributed by atoms with van der Waals surface area (Å²) < 4.78 is 11.1. The van der Waals surface area contributed by atoms with Gasteiger partial charge in [0.15, 0.2) is 5.78 Å². The van der Waals surface area contributed by atoms with E-state index in [1.807, 2.05) is 13.0 Å². The number of ketones is 1. The van der Waals surface area contributed by atoms with Gasteiger partial charge in [-0.3, -0.25) is 4.79 Å². The second-order valence-electron chi connectivity index (χ2n) is 4.26. The molecule has 86 valence electrons. The molecule has 1 heterocycles. The zero-order chi connectivity index (χ0) is 11.5. The SMILES string of the molecule is CC(=O)COC1COc2cc(C)ccc2C1. The molecule has 16 heavy (non-hydrogen) atoms. The third-order valence-corrected chi connectivity index (χ3v) is 2.62. The van der Waals surface area contributed by atoms with Crippen LogP contribution in [0.4, 0.5) is 0 Å². The molecule has 0 bridgehead atoms. The second kappa shape index (κ2) is 4.66. The van der Waals surface area contributed by atoms with Crippen LogP contribution in [0.3, 0.4) is 0 Å². The number of benzene rings is 1. The lowest BCUT2D eigenvalue weighted by Gasteiger charge is -2.25. The van der Waals surface area contributed by atoms with Crippen LogP contribution in [-0.4, -0.2) is 25.1 Å². The number of hydrogen-bond donors (Lipinski definition) is 0. The van der Waals surface area contributed by atoms with E-state index in [0.29, 0.717) is 6.61 Å². The van der Waals surface area contributed by atoms with E-state index in [1.165, 1.54) is 12.5 Å². The number of carbonyl (C=O) groups excluding carboxylic acids is 1. The molecule has 0 aliphatic carbocycles. The lowest BCUT2D eigenvalue weighted by atomic mass is 10.0. The van der Waals surface area contributed by atoms with Crippen LogP contribution < -0.4 is 4.74 Å². The smallest absolute Gasteiger partial charge is 0.155 e. The minimum atomic E-state index is -0.000828. The van der Waals surface area contributed by atoms with Crippen molar-refractivity contribution in [3.63, 3.8) is 0 Å². The maximum absolute atomic E-state index is 10.8. The molecule has 0 fully saturated rings. The average molecular weight is 220 g/mol. The zero-order valence-corrected chi connectivity index (χ0v) is 9.66. The van der Waals surface area contributed by atoms with Crippen molar-refractivity contribution in [2.24, 2.45) is 0 Å². The standard InChI is InChI=1S/C13H16O3/c1-9-3-4-11-6-12(15-7-10(2)14)8-16-13(11)5-9/h3-5,12H,6-8H2,1-2H3. The molecule has 1 aliphatic heterocycles. The van der Waals surface area contributed by atoms with Crippen LogP contribution in [0.1, 0.15) is 18.1 Å². The van der Waals surface area contributed by atoms with Crippen LogP contribution in [-0.2, 0) is 16.0 Å². The van der Waals surface area contributed by atoms with Crippen molar-refractivity contribution in [2.45, 2.75) is 26.4 Å². The van der Waals surface area contributed by atoms with Crippen molar-refractivity contribution in [1.29, 1.82) is 0 Å². The molecule has 0 spiro atoms. The Balaban J connectivity index is 2.01. The summed E-state index contributed by atoms with van der Waals surface area (Å²) in [6.45, 7) is 4.28. The molecule has 3 nitrogen and oxygen atoms in total. The lowest BCUT2D eigenvalue weighted by molar-refractivity contribution is -0.124. The number of rotatable bonds is 3. The monoisotopic (exact) mass is 220 g/mol. The molecule has 3 heteroatoms. The molecule has 1 aromatic carbocycles. The molecule has 1 unspecified atom stereocenters. The highest BCUT2D eigenvalue weighted by molar-refractivity contribution is 5.76. The quantitative estimate of drug-likeness (QED) is 0.780. The molecule has 1 aromatic rings. The first-order valence-electron chi connectivity index (χ1n) is 5.48. The van der Waals surface area contributed by atoms with Crippen molar-refractivity contribution >= 4 is 5.78 Å². The predicted molar refractivity (Wildman–Crippen MR) is 60.8 cm³/mol. The molecule has 0 saturated carbocycles. The van der Waals surface area contributed by atoms with E-state index in [-0.39, 0.29) is 18.5 Å². The number of Topliss-reactive ketones (excluding diaryl/α,β-unsaturated/α-hetero) is 1. The molecule has 0 radical (unpaired) electrons. The maximum atomic E-state index is 10.8. The topological polar surface area (TPSA) is 35.5 Å². The molecule has 0 amide bonds. The molecule has 1 aliphatic rings. The third kappa shape index (κ3) is 2.61. The van der Waals surface area contributed by atoms with Gasteiger partial charge in [0.05, 0.1) is 6.10 Å². The molecule has 2 rings (SSSR count). The van der Waals surface area contributed by atoms with Gasteiger partial charge in [-0.05, 0) is 31.0 Å². The Morgan fingerprint density at radius 1 is 1.56 bits per heavy atom. The van der Waals surface area contributed by atoms with Gasteiger partial charge in [0.2, 0.25) is 0 Å². The summed E-state index contributed by atoms with van der Waals surface area (Å²) in [6.07, 6.45) is 0.821. The normalized spacial score (nSPS) is 18.8. The summed E-state index contributed by atoms with van der Waals surface area (Å²) in [6, 6.07) is 6.17. The largest absolute Gasteiger partial charge is 0.491 e. The highest BCUT2D eigenvalue weighted by atomic mass is 16.5. The molecule has 1 atom stereocenters. The van der Waals surface area contributed by atoms with Crippen LogP contribution in [0.25, 0.3) is 0 Å². The van der Waals surface area contributed by atoms with Gasteiger partial charge in [-0.15, -0.1) is 0 Å².